The minimum atomic E-state index is -1.04. The second kappa shape index (κ2) is 8.22. The molecule has 8 nitrogen and oxygen atoms in total. The van der Waals surface area contributed by atoms with E-state index in [0.29, 0.717) is 38.8 Å². The smallest absolute Gasteiger partial charge is 0.295 e. The molecule has 0 aliphatic heterocycles. The van der Waals surface area contributed by atoms with Gasteiger partial charge in [-0.3, -0.25) is 18.6 Å². The summed E-state index contributed by atoms with van der Waals surface area (Å²) < 4.78 is 13.9. The van der Waals surface area contributed by atoms with Crippen LogP contribution in [0.2, 0.25) is 0 Å². The molecule has 3 heterocycles. The van der Waals surface area contributed by atoms with Crippen LogP contribution in [0.15, 0.2) is 38.8 Å². The molecule has 3 aromatic heterocycles. The molecular formula is C17H19BrN6O2S. The van der Waals surface area contributed by atoms with Crippen LogP contribution in [0.5, 0.6) is 0 Å². The Balaban J connectivity index is 1.91. The molecule has 27 heavy (non-hydrogen) atoms. The normalized spacial score (nSPS) is 12.5. The van der Waals surface area contributed by atoms with Crippen LogP contribution in [-0.4, -0.2) is 34.5 Å². The van der Waals surface area contributed by atoms with E-state index in [0.717, 1.165) is 0 Å². The van der Waals surface area contributed by atoms with Crippen molar-refractivity contribution >= 4 is 43.8 Å². The van der Waals surface area contributed by atoms with Gasteiger partial charge in [-0.15, -0.1) is 0 Å². The van der Waals surface area contributed by atoms with Gasteiger partial charge in [0.1, 0.15) is 4.60 Å². The lowest BCUT2D eigenvalue weighted by Crippen LogP contribution is -2.27. The highest BCUT2D eigenvalue weighted by Gasteiger charge is 2.15. The molecule has 0 saturated heterocycles. The van der Waals surface area contributed by atoms with Gasteiger partial charge < -0.3 is 5.32 Å². The van der Waals surface area contributed by atoms with Gasteiger partial charge >= 0.3 is 0 Å². The van der Waals surface area contributed by atoms with E-state index in [1.165, 1.54) is 0 Å². The van der Waals surface area contributed by atoms with Crippen LogP contribution in [0.4, 0.5) is 5.82 Å². The van der Waals surface area contributed by atoms with Crippen molar-refractivity contribution in [2.24, 2.45) is 0 Å². The lowest BCUT2D eigenvalue weighted by Gasteiger charge is -2.14. The van der Waals surface area contributed by atoms with E-state index >= 15 is 0 Å². The molecule has 142 valence electrons. The SMILES string of the molecule is CCS(=O)c1ccc(CNc2nc3ncc(Br)nc3n(C(C)C)c2=O)nc1. The summed E-state index contributed by atoms with van der Waals surface area (Å²) in [4.78, 5) is 30.7. The molecule has 0 aliphatic rings. The standard InChI is InChI=1S/C17H19BrN6O2S/c1-4-27(26)12-6-5-11(19-8-12)7-20-15-17(25)24(10(2)3)16-14(23-15)21-9-13(18)22-16/h5-6,8-10H,4,7H2,1-3H3,(H,20,21,23). The molecule has 0 fully saturated rings. The quantitative estimate of drug-likeness (QED) is 0.615. The molecule has 3 rings (SSSR count). The Morgan fingerprint density at radius 3 is 2.63 bits per heavy atom. The van der Waals surface area contributed by atoms with Gasteiger partial charge in [-0.05, 0) is 41.9 Å². The molecule has 0 aliphatic carbocycles. The van der Waals surface area contributed by atoms with E-state index in [9.17, 15) is 9.00 Å². The molecule has 3 aromatic rings. The third-order valence-corrected chi connectivity index (χ3v) is 5.52. The van der Waals surface area contributed by atoms with Gasteiger partial charge in [0, 0.05) is 18.0 Å². The van der Waals surface area contributed by atoms with Crippen LogP contribution >= 0.6 is 15.9 Å². The zero-order valence-corrected chi connectivity index (χ0v) is 17.5. The molecule has 0 amide bonds. The second-order valence-corrected chi connectivity index (χ2v) is 8.59. The van der Waals surface area contributed by atoms with E-state index < -0.39 is 10.8 Å². The monoisotopic (exact) mass is 450 g/mol. The first kappa shape index (κ1) is 19.6. The Labute approximate surface area is 167 Å². The Bertz CT molecular complexity index is 1050. The molecule has 0 aromatic carbocycles. The maximum absolute atomic E-state index is 12.8. The number of aromatic nitrogens is 5. The van der Waals surface area contributed by atoms with E-state index in [4.69, 9.17) is 0 Å². The van der Waals surface area contributed by atoms with Crippen molar-refractivity contribution in [3.8, 4) is 0 Å². The largest absolute Gasteiger partial charge is 0.360 e. The van der Waals surface area contributed by atoms with Crippen molar-refractivity contribution in [2.45, 2.75) is 38.3 Å². The van der Waals surface area contributed by atoms with Crippen LogP contribution in [0.1, 0.15) is 32.5 Å². The number of nitrogens with one attached hydrogen (secondary N) is 1. The van der Waals surface area contributed by atoms with Crippen LogP contribution in [-0.2, 0) is 17.3 Å². The lowest BCUT2D eigenvalue weighted by atomic mass is 10.3. The predicted molar refractivity (Wildman–Crippen MR) is 108 cm³/mol. The van der Waals surface area contributed by atoms with Gasteiger partial charge in [0.2, 0.25) is 0 Å². The maximum atomic E-state index is 12.8. The van der Waals surface area contributed by atoms with Crippen molar-refractivity contribution in [1.29, 1.82) is 0 Å². The van der Waals surface area contributed by atoms with Crippen molar-refractivity contribution in [2.75, 3.05) is 11.1 Å². The number of fused-ring (bicyclic) bond motifs is 1. The minimum Gasteiger partial charge on any atom is -0.360 e. The Hall–Kier alpha value is -2.20. The Morgan fingerprint density at radius 1 is 1.22 bits per heavy atom. The first-order valence-electron chi connectivity index (χ1n) is 8.42. The molecule has 0 saturated carbocycles. The second-order valence-electron chi connectivity index (χ2n) is 6.04. The number of hydrogen-bond acceptors (Lipinski definition) is 7. The van der Waals surface area contributed by atoms with E-state index in [1.807, 2.05) is 20.8 Å². The predicted octanol–water partition coefficient (Wildman–Crippen LogP) is 2.66. The van der Waals surface area contributed by atoms with Crippen LogP contribution in [0.25, 0.3) is 11.3 Å². The Morgan fingerprint density at radius 2 is 2.00 bits per heavy atom. The first-order valence-corrected chi connectivity index (χ1v) is 10.5. The van der Waals surface area contributed by atoms with Crippen LogP contribution in [0, 0.1) is 0 Å². The number of pyridine rings is 1. The van der Waals surface area contributed by atoms with Crippen LogP contribution < -0.4 is 10.9 Å². The molecular weight excluding hydrogens is 432 g/mol. The van der Waals surface area contributed by atoms with Crippen molar-refractivity contribution in [3.05, 3.63) is 45.2 Å². The fourth-order valence-corrected chi connectivity index (χ4v) is 3.54. The molecule has 0 spiro atoms. The third kappa shape index (κ3) is 4.22. The number of hydrogen-bond donors (Lipinski definition) is 1. The summed E-state index contributed by atoms with van der Waals surface area (Å²) in [5.74, 6) is 0.738. The summed E-state index contributed by atoms with van der Waals surface area (Å²) in [5, 5.41) is 3.03. The van der Waals surface area contributed by atoms with Crippen molar-refractivity contribution < 1.29 is 4.21 Å². The molecule has 1 N–H and O–H groups in total. The Kier molecular flexibility index (Phi) is 5.95. The fourth-order valence-electron chi connectivity index (χ4n) is 2.54. The molecule has 1 atom stereocenters. The zero-order chi connectivity index (χ0) is 19.6. The van der Waals surface area contributed by atoms with Gasteiger partial charge in [-0.2, -0.15) is 0 Å². The average molecular weight is 451 g/mol. The van der Waals surface area contributed by atoms with Crippen molar-refractivity contribution in [3.63, 3.8) is 0 Å². The summed E-state index contributed by atoms with van der Waals surface area (Å²) >= 11 is 3.28. The lowest BCUT2D eigenvalue weighted by molar-refractivity contribution is 0.592. The summed E-state index contributed by atoms with van der Waals surface area (Å²) in [5.41, 5.74) is 1.26. The van der Waals surface area contributed by atoms with Crippen LogP contribution in [0.3, 0.4) is 0 Å². The number of anilines is 1. The first-order chi connectivity index (χ1) is 12.9. The maximum Gasteiger partial charge on any atom is 0.295 e. The fraction of sp³-hybridized carbons (Fsp3) is 0.353. The van der Waals surface area contributed by atoms with Gasteiger partial charge in [-0.25, -0.2) is 15.0 Å². The summed E-state index contributed by atoms with van der Waals surface area (Å²) in [6.07, 6.45) is 3.14. The van der Waals surface area contributed by atoms with E-state index in [-0.39, 0.29) is 17.4 Å². The van der Waals surface area contributed by atoms with Gasteiger partial charge in [-0.1, -0.05) is 6.92 Å². The molecule has 0 radical (unpaired) electrons. The van der Waals surface area contributed by atoms with Gasteiger partial charge in [0.05, 0.1) is 34.1 Å². The topological polar surface area (TPSA) is 103 Å². The summed E-state index contributed by atoms with van der Waals surface area (Å²) in [6, 6.07) is 3.47. The van der Waals surface area contributed by atoms with E-state index in [1.54, 1.807) is 29.1 Å². The third-order valence-electron chi connectivity index (χ3n) is 3.85. The highest BCUT2D eigenvalue weighted by Crippen LogP contribution is 2.16. The molecule has 1 unspecified atom stereocenters. The highest BCUT2D eigenvalue weighted by molar-refractivity contribution is 9.10. The van der Waals surface area contributed by atoms with E-state index in [2.05, 4.69) is 41.2 Å². The number of halogens is 1. The van der Waals surface area contributed by atoms with Gasteiger partial charge in [0.15, 0.2) is 17.1 Å². The number of rotatable bonds is 6. The van der Waals surface area contributed by atoms with Crippen molar-refractivity contribution in [1.82, 2.24) is 24.5 Å². The average Bonchev–Trinajstić information content (AvgIpc) is 2.66. The zero-order valence-electron chi connectivity index (χ0n) is 15.1. The minimum absolute atomic E-state index is 0.103. The molecule has 0 bridgehead atoms. The highest BCUT2D eigenvalue weighted by atomic mass is 79.9. The summed E-state index contributed by atoms with van der Waals surface area (Å²) in [6.45, 7) is 5.98. The molecule has 10 heteroatoms. The summed E-state index contributed by atoms with van der Waals surface area (Å²) in [7, 11) is -1.04. The van der Waals surface area contributed by atoms with Gasteiger partial charge in [0.25, 0.3) is 5.56 Å². The number of nitrogens with zero attached hydrogens (tertiary/aromatic N) is 5.